The second kappa shape index (κ2) is 5.70. The molecular weight excluding hydrogens is 250 g/mol. The first kappa shape index (κ1) is 15.3. The minimum Gasteiger partial charge on any atom is -0.372 e. The Morgan fingerprint density at radius 1 is 1.35 bits per heavy atom. The fraction of sp³-hybridized carbons (Fsp3) is 0.688. The highest BCUT2D eigenvalue weighted by molar-refractivity contribution is 5.40. The number of ether oxygens (including phenoxy) is 1. The molecule has 1 aromatic heterocycles. The smallest absolute Gasteiger partial charge is 0.129 e. The van der Waals surface area contributed by atoms with Crippen molar-refractivity contribution in [3.05, 3.63) is 23.9 Å². The van der Waals surface area contributed by atoms with E-state index in [1.54, 1.807) is 0 Å². The van der Waals surface area contributed by atoms with Gasteiger partial charge in [0.25, 0.3) is 0 Å². The molecule has 4 nitrogen and oxygen atoms in total. The molecule has 1 fully saturated rings. The zero-order valence-corrected chi connectivity index (χ0v) is 13.4. The van der Waals surface area contributed by atoms with Gasteiger partial charge in [-0.15, -0.1) is 0 Å². The molecule has 0 atom stereocenters. The van der Waals surface area contributed by atoms with E-state index < -0.39 is 0 Å². The van der Waals surface area contributed by atoms with Crippen LogP contribution < -0.4 is 10.2 Å². The fourth-order valence-electron chi connectivity index (χ4n) is 2.31. The van der Waals surface area contributed by atoms with Crippen molar-refractivity contribution in [3.8, 4) is 0 Å². The number of nitrogens with one attached hydrogen (secondary N) is 1. The summed E-state index contributed by atoms with van der Waals surface area (Å²) < 4.78 is 5.76. The molecule has 1 N–H and O–H groups in total. The van der Waals surface area contributed by atoms with Gasteiger partial charge in [-0.2, -0.15) is 0 Å². The Balaban J connectivity index is 2.05. The highest BCUT2D eigenvalue weighted by Crippen LogP contribution is 2.21. The van der Waals surface area contributed by atoms with Crippen molar-refractivity contribution in [2.24, 2.45) is 0 Å². The molecule has 1 saturated heterocycles. The van der Waals surface area contributed by atoms with Crippen LogP contribution in [-0.4, -0.2) is 35.8 Å². The van der Waals surface area contributed by atoms with E-state index in [0.717, 1.165) is 37.8 Å². The number of aromatic nitrogens is 1. The van der Waals surface area contributed by atoms with Gasteiger partial charge in [-0.05, 0) is 46.8 Å². The Hall–Kier alpha value is -1.13. The zero-order valence-electron chi connectivity index (χ0n) is 13.4. The summed E-state index contributed by atoms with van der Waals surface area (Å²) in [6.45, 7) is 14.1. The predicted octanol–water partition coefficient (Wildman–Crippen LogP) is 2.58. The Morgan fingerprint density at radius 3 is 2.75 bits per heavy atom. The Morgan fingerprint density at radius 2 is 2.10 bits per heavy atom. The summed E-state index contributed by atoms with van der Waals surface area (Å²) in [5.41, 5.74) is 1.10. The monoisotopic (exact) mass is 277 g/mol. The van der Waals surface area contributed by atoms with Crippen molar-refractivity contribution in [1.82, 2.24) is 10.3 Å². The first-order valence-corrected chi connectivity index (χ1v) is 7.35. The van der Waals surface area contributed by atoms with Crippen molar-refractivity contribution in [1.29, 1.82) is 0 Å². The van der Waals surface area contributed by atoms with Crippen molar-refractivity contribution in [2.75, 3.05) is 24.6 Å². The largest absolute Gasteiger partial charge is 0.372 e. The Labute approximate surface area is 122 Å². The summed E-state index contributed by atoms with van der Waals surface area (Å²) in [7, 11) is 0. The van der Waals surface area contributed by atoms with Gasteiger partial charge in [0.2, 0.25) is 0 Å². The van der Waals surface area contributed by atoms with Crippen LogP contribution in [0.4, 0.5) is 5.82 Å². The van der Waals surface area contributed by atoms with Crippen LogP contribution in [0, 0.1) is 0 Å². The number of nitrogens with zero attached hydrogens (tertiary/aromatic N) is 2. The maximum absolute atomic E-state index is 5.76. The molecule has 0 bridgehead atoms. The van der Waals surface area contributed by atoms with Crippen molar-refractivity contribution >= 4 is 5.82 Å². The highest BCUT2D eigenvalue weighted by atomic mass is 16.5. The number of pyridine rings is 1. The van der Waals surface area contributed by atoms with Crippen molar-refractivity contribution < 1.29 is 4.74 Å². The van der Waals surface area contributed by atoms with Gasteiger partial charge in [-0.3, -0.25) is 0 Å². The molecule has 1 aliphatic rings. The lowest BCUT2D eigenvalue weighted by Crippen LogP contribution is -2.48. The summed E-state index contributed by atoms with van der Waals surface area (Å²) in [5, 5.41) is 3.48. The van der Waals surface area contributed by atoms with E-state index in [0.29, 0.717) is 0 Å². The maximum Gasteiger partial charge on any atom is 0.129 e. The topological polar surface area (TPSA) is 37.4 Å². The quantitative estimate of drug-likeness (QED) is 0.921. The summed E-state index contributed by atoms with van der Waals surface area (Å²) in [6, 6.07) is 6.25. The molecule has 0 amide bonds. The van der Waals surface area contributed by atoms with E-state index in [4.69, 9.17) is 9.72 Å². The van der Waals surface area contributed by atoms with Crippen LogP contribution in [0.2, 0.25) is 0 Å². The molecule has 0 radical (unpaired) electrons. The average Bonchev–Trinajstić information content (AvgIpc) is 2.35. The van der Waals surface area contributed by atoms with Crippen LogP contribution in [0.1, 0.15) is 40.3 Å². The SMILES string of the molecule is CC(C)(C)NCc1cccc(N2CCOC(C)(C)C2)n1. The molecular formula is C16H27N3O. The summed E-state index contributed by atoms with van der Waals surface area (Å²) in [4.78, 5) is 7.08. The molecule has 2 heterocycles. The summed E-state index contributed by atoms with van der Waals surface area (Å²) in [6.07, 6.45) is 0. The Kier molecular flexibility index (Phi) is 4.35. The van der Waals surface area contributed by atoms with Gasteiger partial charge in [0.05, 0.1) is 17.9 Å². The van der Waals surface area contributed by atoms with Gasteiger partial charge < -0.3 is 15.0 Å². The van der Waals surface area contributed by atoms with Gasteiger partial charge in [-0.1, -0.05) is 6.07 Å². The number of morpholine rings is 1. The van der Waals surface area contributed by atoms with Crippen molar-refractivity contribution in [3.63, 3.8) is 0 Å². The molecule has 0 unspecified atom stereocenters. The zero-order chi connectivity index (χ0) is 14.8. The number of hydrogen-bond donors (Lipinski definition) is 1. The molecule has 0 aromatic carbocycles. The third-order valence-electron chi connectivity index (χ3n) is 3.34. The van der Waals surface area contributed by atoms with E-state index >= 15 is 0 Å². The Bertz CT molecular complexity index is 451. The lowest BCUT2D eigenvalue weighted by molar-refractivity contribution is -0.0279. The van der Waals surface area contributed by atoms with Crippen LogP contribution in [0.25, 0.3) is 0 Å². The molecule has 0 saturated carbocycles. The molecule has 112 valence electrons. The number of rotatable bonds is 3. The number of anilines is 1. The van der Waals surface area contributed by atoms with Gasteiger partial charge >= 0.3 is 0 Å². The van der Waals surface area contributed by atoms with Gasteiger partial charge in [0.15, 0.2) is 0 Å². The first-order chi connectivity index (χ1) is 9.25. The third kappa shape index (κ3) is 4.46. The van der Waals surface area contributed by atoms with E-state index in [2.05, 4.69) is 63.0 Å². The lowest BCUT2D eigenvalue weighted by Gasteiger charge is -2.38. The fourth-order valence-corrected chi connectivity index (χ4v) is 2.31. The maximum atomic E-state index is 5.76. The molecule has 2 rings (SSSR count). The van der Waals surface area contributed by atoms with E-state index in [1.807, 2.05) is 0 Å². The second-order valence-corrected chi connectivity index (χ2v) is 7.12. The highest BCUT2D eigenvalue weighted by Gasteiger charge is 2.27. The first-order valence-electron chi connectivity index (χ1n) is 7.35. The summed E-state index contributed by atoms with van der Waals surface area (Å²) in [5.74, 6) is 1.05. The van der Waals surface area contributed by atoms with Crippen LogP contribution in [0.5, 0.6) is 0 Å². The normalized spacial score (nSPS) is 19.1. The van der Waals surface area contributed by atoms with E-state index in [-0.39, 0.29) is 11.1 Å². The van der Waals surface area contributed by atoms with E-state index in [1.165, 1.54) is 0 Å². The van der Waals surface area contributed by atoms with E-state index in [9.17, 15) is 0 Å². The molecule has 1 aromatic rings. The molecule has 4 heteroatoms. The standard InChI is InChI=1S/C16H27N3O/c1-15(2,3)17-11-13-7-6-8-14(18-13)19-9-10-20-16(4,5)12-19/h6-8,17H,9-12H2,1-5H3. The minimum atomic E-state index is -0.0976. The van der Waals surface area contributed by atoms with Gasteiger partial charge in [-0.25, -0.2) is 4.98 Å². The van der Waals surface area contributed by atoms with Crippen molar-refractivity contribution in [2.45, 2.75) is 52.3 Å². The van der Waals surface area contributed by atoms with Crippen LogP contribution in [-0.2, 0) is 11.3 Å². The third-order valence-corrected chi connectivity index (χ3v) is 3.34. The van der Waals surface area contributed by atoms with Crippen LogP contribution >= 0.6 is 0 Å². The van der Waals surface area contributed by atoms with Gasteiger partial charge in [0, 0.05) is 25.2 Å². The minimum absolute atomic E-state index is 0.0976. The lowest BCUT2D eigenvalue weighted by atomic mass is 10.1. The number of hydrogen-bond acceptors (Lipinski definition) is 4. The average molecular weight is 277 g/mol. The van der Waals surface area contributed by atoms with Crippen LogP contribution in [0.15, 0.2) is 18.2 Å². The van der Waals surface area contributed by atoms with Crippen LogP contribution in [0.3, 0.4) is 0 Å². The molecule has 20 heavy (non-hydrogen) atoms. The second-order valence-electron chi connectivity index (χ2n) is 7.12. The summed E-state index contributed by atoms with van der Waals surface area (Å²) >= 11 is 0. The van der Waals surface area contributed by atoms with Gasteiger partial charge in [0.1, 0.15) is 5.82 Å². The predicted molar refractivity (Wildman–Crippen MR) is 83.1 cm³/mol. The molecule has 1 aliphatic heterocycles. The molecule has 0 aliphatic carbocycles. The molecule has 0 spiro atoms.